The summed E-state index contributed by atoms with van der Waals surface area (Å²) in [6.07, 6.45) is 5.61. The third-order valence-corrected chi connectivity index (χ3v) is 5.50. The second kappa shape index (κ2) is 7.97. The maximum atomic E-state index is 13.3. The first-order chi connectivity index (χ1) is 13.5. The van der Waals surface area contributed by atoms with Gasteiger partial charge >= 0.3 is 0 Å². The largest absolute Gasteiger partial charge is 0.355 e. The average Bonchev–Trinajstić information content (AvgIpc) is 3.20. The van der Waals surface area contributed by atoms with Crippen LogP contribution in [-0.2, 0) is 7.05 Å². The van der Waals surface area contributed by atoms with Gasteiger partial charge in [-0.2, -0.15) is 5.10 Å². The van der Waals surface area contributed by atoms with Crippen LogP contribution >= 0.6 is 23.2 Å². The van der Waals surface area contributed by atoms with Gasteiger partial charge in [0.05, 0.1) is 11.1 Å². The standard InChI is InChI=1S/C20H20Cl2N4O2/c1-25-12-15(22)19(23-25)17-8-3-2-4-9-26(17)20(27)16-11-18(28-24-16)13-6-5-7-14(21)10-13/h5-7,10-12,17H,2-4,8-9H2,1H3. The first-order valence-corrected chi connectivity index (χ1v) is 10.0. The number of carbonyl (C=O) groups is 1. The number of hydrogen-bond acceptors (Lipinski definition) is 4. The Morgan fingerprint density at radius 3 is 2.82 bits per heavy atom. The van der Waals surface area contributed by atoms with Crippen molar-refractivity contribution in [2.45, 2.75) is 31.7 Å². The monoisotopic (exact) mass is 418 g/mol. The molecule has 3 heterocycles. The number of benzene rings is 1. The Balaban J connectivity index is 1.64. The van der Waals surface area contributed by atoms with Crippen LogP contribution in [0.2, 0.25) is 10.0 Å². The SMILES string of the molecule is Cn1cc(Cl)c(C2CCCCCN2C(=O)c2cc(-c3cccc(Cl)c3)on2)n1. The van der Waals surface area contributed by atoms with Crippen molar-refractivity contribution in [3.05, 3.63) is 58.0 Å². The molecule has 1 unspecified atom stereocenters. The van der Waals surface area contributed by atoms with E-state index in [4.69, 9.17) is 27.7 Å². The quantitative estimate of drug-likeness (QED) is 0.590. The van der Waals surface area contributed by atoms with Crippen LogP contribution in [0.5, 0.6) is 0 Å². The highest BCUT2D eigenvalue weighted by molar-refractivity contribution is 6.31. The highest BCUT2D eigenvalue weighted by atomic mass is 35.5. The zero-order chi connectivity index (χ0) is 19.7. The molecule has 1 fully saturated rings. The number of aromatic nitrogens is 3. The summed E-state index contributed by atoms with van der Waals surface area (Å²) >= 11 is 12.4. The summed E-state index contributed by atoms with van der Waals surface area (Å²) in [5.41, 5.74) is 1.78. The molecule has 0 spiro atoms. The Bertz CT molecular complexity index is 998. The summed E-state index contributed by atoms with van der Waals surface area (Å²) in [5, 5.41) is 9.68. The number of aryl methyl sites for hydroxylation is 1. The molecule has 1 saturated heterocycles. The highest BCUT2D eigenvalue weighted by Gasteiger charge is 2.32. The first kappa shape index (κ1) is 19.0. The predicted octanol–water partition coefficient (Wildman–Crippen LogP) is 5.14. The van der Waals surface area contributed by atoms with E-state index in [0.717, 1.165) is 36.9 Å². The molecule has 0 bridgehead atoms. The maximum absolute atomic E-state index is 13.3. The summed E-state index contributed by atoms with van der Waals surface area (Å²) in [5.74, 6) is 0.332. The van der Waals surface area contributed by atoms with Gasteiger partial charge in [0.15, 0.2) is 11.5 Å². The third kappa shape index (κ3) is 3.80. The summed E-state index contributed by atoms with van der Waals surface area (Å²) < 4.78 is 7.09. The second-order valence-corrected chi connectivity index (χ2v) is 7.83. The van der Waals surface area contributed by atoms with Gasteiger partial charge in [-0.25, -0.2) is 0 Å². The van der Waals surface area contributed by atoms with Crippen LogP contribution in [0.3, 0.4) is 0 Å². The Hall–Kier alpha value is -2.31. The van der Waals surface area contributed by atoms with Crippen molar-refractivity contribution in [2.75, 3.05) is 6.54 Å². The van der Waals surface area contributed by atoms with Gasteiger partial charge in [-0.3, -0.25) is 9.48 Å². The van der Waals surface area contributed by atoms with E-state index in [2.05, 4.69) is 10.3 Å². The van der Waals surface area contributed by atoms with Gasteiger partial charge in [0.25, 0.3) is 5.91 Å². The number of likely N-dealkylation sites (tertiary alicyclic amines) is 1. The minimum Gasteiger partial charge on any atom is -0.355 e. The van der Waals surface area contributed by atoms with E-state index in [0.29, 0.717) is 22.4 Å². The van der Waals surface area contributed by atoms with E-state index in [1.165, 1.54) is 0 Å². The van der Waals surface area contributed by atoms with Crippen LogP contribution in [-0.4, -0.2) is 32.3 Å². The van der Waals surface area contributed by atoms with Crippen molar-refractivity contribution >= 4 is 29.1 Å². The number of rotatable bonds is 3. The highest BCUT2D eigenvalue weighted by Crippen LogP contribution is 2.34. The Labute approximate surface area is 173 Å². The lowest BCUT2D eigenvalue weighted by molar-refractivity contribution is 0.0666. The molecule has 0 aliphatic carbocycles. The van der Waals surface area contributed by atoms with E-state index in [-0.39, 0.29) is 17.6 Å². The van der Waals surface area contributed by atoms with Gasteiger partial charge in [0.1, 0.15) is 5.69 Å². The van der Waals surface area contributed by atoms with Gasteiger partial charge in [-0.15, -0.1) is 0 Å². The van der Waals surface area contributed by atoms with Crippen molar-refractivity contribution in [3.63, 3.8) is 0 Å². The lowest BCUT2D eigenvalue weighted by Crippen LogP contribution is -2.35. The Morgan fingerprint density at radius 1 is 1.21 bits per heavy atom. The molecule has 28 heavy (non-hydrogen) atoms. The molecule has 0 radical (unpaired) electrons. The lowest BCUT2D eigenvalue weighted by atomic mass is 10.1. The molecule has 4 rings (SSSR count). The van der Waals surface area contributed by atoms with Crippen molar-refractivity contribution in [3.8, 4) is 11.3 Å². The molecular weight excluding hydrogens is 399 g/mol. The van der Waals surface area contributed by atoms with E-state index < -0.39 is 0 Å². The molecule has 1 amide bonds. The molecule has 1 aliphatic rings. The first-order valence-electron chi connectivity index (χ1n) is 9.25. The molecule has 0 saturated carbocycles. The molecule has 8 heteroatoms. The molecule has 0 N–H and O–H groups in total. The zero-order valence-electron chi connectivity index (χ0n) is 15.4. The number of halogens is 2. The van der Waals surface area contributed by atoms with Crippen LogP contribution in [0.1, 0.15) is 47.9 Å². The number of carbonyl (C=O) groups excluding carboxylic acids is 1. The lowest BCUT2D eigenvalue weighted by Gasteiger charge is -2.28. The van der Waals surface area contributed by atoms with Crippen LogP contribution < -0.4 is 0 Å². The van der Waals surface area contributed by atoms with Crippen LogP contribution in [0.25, 0.3) is 11.3 Å². The zero-order valence-corrected chi connectivity index (χ0v) is 17.0. The summed E-state index contributed by atoms with van der Waals surface area (Å²) in [6, 6.07) is 8.74. The molecule has 6 nitrogen and oxygen atoms in total. The van der Waals surface area contributed by atoms with E-state index >= 15 is 0 Å². The van der Waals surface area contributed by atoms with E-state index in [9.17, 15) is 4.79 Å². The fraction of sp³-hybridized carbons (Fsp3) is 0.350. The van der Waals surface area contributed by atoms with Crippen LogP contribution in [0.4, 0.5) is 0 Å². The van der Waals surface area contributed by atoms with Gasteiger partial charge in [0.2, 0.25) is 0 Å². The summed E-state index contributed by atoms with van der Waals surface area (Å²) in [7, 11) is 1.83. The van der Waals surface area contributed by atoms with E-state index in [1.807, 2.05) is 24.1 Å². The molecular formula is C20H20Cl2N4O2. The molecule has 1 atom stereocenters. The fourth-order valence-corrected chi connectivity index (χ4v) is 4.13. The molecule has 1 aromatic carbocycles. The third-order valence-electron chi connectivity index (χ3n) is 4.98. The summed E-state index contributed by atoms with van der Waals surface area (Å²) in [4.78, 5) is 15.1. The molecule has 146 valence electrons. The maximum Gasteiger partial charge on any atom is 0.276 e. The van der Waals surface area contributed by atoms with Crippen LogP contribution in [0, 0.1) is 0 Å². The van der Waals surface area contributed by atoms with Crippen molar-refractivity contribution in [1.29, 1.82) is 0 Å². The Morgan fingerprint density at radius 2 is 2.07 bits per heavy atom. The van der Waals surface area contributed by atoms with Gasteiger partial charge in [-0.1, -0.05) is 53.3 Å². The molecule has 3 aromatic rings. The summed E-state index contributed by atoms with van der Waals surface area (Å²) in [6.45, 7) is 0.635. The molecule has 2 aromatic heterocycles. The van der Waals surface area contributed by atoms with Gasteiger partial charge in [-0.05, 0) is 25.0 Å². The minimum atomic E-state index is -0.175. The van der Waals surface area contributed by atoms with Crippen LogP contribution in [0.15, 0.2) is 41.1 Å². The minimum absolute atomic E-state index is 0.171. The van der Waals surface area contributed by atoms with Gasteiger partial charge in [0, 0.05) is 36.4 Å². The second-order valence-electron chi connectivity index (χ2n) is 6.99. The van der Waals surface area contributed by atoms with E-state index in [1.54, 1.807) is 29.1 Å². The number of hydrogen-bond donors (Lipinski definition) is 0. The van der Waals surface area contributed by atoms with Crippen molar-refractivity contribution < 1.29 is 9.32 Å². The number of amides is 1. The Kier molecular flexibility index (Phi) is 5.42. The van der Waals surface area contributed by atoms with Crippen molar-refractivity contribution in [1.82, 2.24) is 19.8 Å². The van der Waals surface area contributed by atoms with Crippen molar-refractivity contribution in [2.24, 2.45) is 7.05 Å². The number of nitrogens with zero attached hydrogens (tertiary/aromatic N) is 4. The topological polar surface area (TPSA) is 64.2 Å². The molecule has 1 aliphatic heterocycles. The predicted molar refractivity (Wildman–Crippen MR) is 107 cm³/mol. The normalized spacial score (nSPS) is 17.5. The van der Waals surface area contributed by atoms with Gasteiger partial charge < -0.3 is 9.42 Å². The smallest absolute Gasteiger partial charge is 0.276 e. The average molecular weight is 419 g/mol. The fourth-order valence-electron chi connectivity index (χ4n) is 3.64.